The van der Waals surface area contributed by atoms with Crippen molar-refractivity contribution in [2.24, 2.45) is 7.05 Å². The number of hydrogen-bond acceptors (Lipinski definition) is 2. The molecule has 92 valence electrons. The van der Waals surface area contributed by atoms with Gasteiger partial charge in [-0.15, -0.1) is 0 Å². The molecule has 2 heterocycles. The van der Waals surface area contributed by atoms with Crippen molar-refractivity contribution in [2.45, 2.75) is 33.4 Å². The van der Waals surface area contributed by atoms with Gasteiger partial charge in [-0.25, -0.2) is 4.98 Å². The molecule has 2 aromatic rings. The van der Waals surface area contributed by atoms with Gasteiger partial charge < -0.3 is 14.9 Å². The lowest BCUT2D eigenvalue weighted by Crippen LogP contribution is -2.19. The molecule has 0 fully saturated rings. The van der Waals surface area contributed by atoms with Gasteiger partial charge in [0.05, 0.1) is 6.04 Å². The molecule has 0 aliphatic rings. The Morgan fingerprint density at radius 2 is 2.24 bits per heavy atom. The lowest BCUT2D eigenvalue weighted by molar-refractivity contribution is 0.549. The fourth-order valence-electron chi connectivity index (χ4n) is 1.99. The molecule has 0 aliphatic heterocycles. The maximum absolute atomic E-state index is 4.25. The van der Waals surface area contributed by atoms with Crippen LogP contribution in [0.15, 0.2) is 18.5 Å². The van der Waals surface area contributed by atoms with Gasteiger partial charge in [0.25, 0.3) is 0 Å². The third-order valence-corrected chi connectivity index (χ3v) is 3.41. The highest BCUT2D eigenvalue weighted by molar-refractivity contribution is 5.26. The second-order valence-corrected chi connectivity index (χ2v) is 4.53. The maximum atomic E-state index is 4.25. The van der Waals surface area contributed by atoms with E-state index in [4.69, 9.17) is 0 Å². The summed E-state index contributed by atoms with van der Waals surface area (Å²) in [6, 6.07) is 2.47. The predicted octanol–water partition coefficient (Wildman–Crippen LogP) is 2.22. The van der Waals surface area contributed by atoms with Gasteiger partial charge in [-0.05, 0) is 32.4 Å². The van der Waals surface area contributed by atoms with Crippen molar-refractivity contribution in [2.75, 3.05) is 0 Å². The van der Waals surface area contributed by atoms with E-state index in [0.29, 0.717) is 0 Å². The second-order valence-electron chi connectivity index (χ2n) is 4.53. The molecule has 0 aliphatic carbocycles. The number of hydrogen-bond donors (Lipinski definition) is 2. The van der Waals surface area contributed by atoms with E-state index in [2.05, 4.69) is 53.7 Å². The summed E-state index contributed by atoms with van der Waals surface area (Å²) in [6.45, 7) is 7.27. The molecule has 0 saturated heterocycles. The molecule has 0 bridgehead atoms. The van der Waals surface area contributed by atoms with E-state index in [-0.39, 0.29) is 6.04 Å². The van der Waals surface area contributed by atoms with Crippen LogP contribution in [-0.4, -0.2) is 14.5 Å². The van der Waals surface area contributed by atoms with Crippen LogP contribution in [0, 0.1) is 13.8 Å². The normalized spacial score (nSPS) is 12.9. The Hall–Kier alpha value is -1.55. The fourth-order valence-corrected chi connectivity index (χ4v) is 1.99. The van der Waals surface area contributed by atoms with Crippen molar-refractivity contribution < 1.29 is 0 Å². The fraction of sp³-hybridized carbons (Fsp3) is 0.462. The minimum absolute atomic E-state index is 0.241. The van der Waals surface area contributed by atoms with Crippen LogP contribution in [0.4, 0.5) is 0 Å². The van der Waals surface area contributed by atoms with Crippen LogP contribution >= 0.6 is 0 Å². The van der Waals surface area contributed by atoms with Gasteiger partial charge in [0.1, 0.15) is 5.82 Å². The quantitative estimate of drug-likeness (QED) is 0.849. The first-order valence-electron chi connectivity index (χ1n) is 5.94. The van der Waals surface area contributed by atoms with Crippen molar-refractivity contribution in [3.63, 3.8) is 0 Å². The number of rotatable bonds is 4. The molecule has 0 saturated carbocycles. The molecule has 2 aromatic heterocycles. The third-order valence-electron chi connectivity index (χ3n) is 3.41. The summed E-state index contributed by atoms with van der Waals surface area (Å²) < 4.78 is 2.22. The molecule has 1 atom stereocenters. The van der Waals surface area contributed by atoms with Gasteiger partial charge >= 0.3 is 0 Å². The van der Waals surface area contributed by atoms with E-state index in [9.17, 15) is 0 Å². The summed E-state index contributed by atoms with van der Waals surface area (Å²) in [5.41, 5.74) is 3.97. The van der Waals surface area contributed by atoms with Crippen LogP contribution in [0.3, 0.4) is 0 Å². The Balaban J connectivity index is 2.00. The molecule has 2 N–H and O–H groups in total. The highest BCUT2D eigenvalue weighted by Gasteiger charge is 2.10. The molecule has 4 heteroatoms. The smallest absolute Gasteiger partial charge is 0.122 e. The number of aromatic amines is 1. The molecule has 0 amide bonds. The SMILES string of the molecule is Cc1cc(CNC(C)c2ncc[nH]2)c(C)n1C. The number of aryl methyl sites for hydroxylation is 1. The van der Waals surface area contributed by atoms with E-state index >= 15 is 0 Å². The zero-order chi connectivity index (χ0) is 12.4. The average Bonchev–Trinajstić information content (AvgIpc) is 2.91. The predicted molar refractivity (Wildman–Crippen MR) is 68.7 cm³/mol. The maximum Gasteiger partial charge on any atom is 0.122 e. The number of nitrogens with one attached hydrogen (secondary N) is 2. The molecule has 0 spiro atoms. The van der Waals surface area contributed by atoms with E-state index in [1.165, 1.54) is 17.0 Å². The van der Waals surface area contributed by atoms with Gasteiger partial charge in [0.15, 0.2) is 0 Å². The molecule has 17 heavy (non-hydrogen) atoms. The standard InChI is InChI=1S/C13H20N4/c1-9-7-12(11(3)17(9)4)8-16-10(2)13-14-5-6-15-13/h5-7,10,16H,8H2,1-4H3,(H,14,15). The zero-order valence-electron chi connectivity index (χ0n) is 10.9. The summed E-state index contributed by atoms with van der Waals surface area (Å²) in [5, 5.41) is 3.48. The van der Waals surface area contributed by atoms with Crippen LogP contribution in [-0.2, 0) is 13.6 Å². The Bertz CT molecular complexity index is 482. The summed E-state index contributed by atoms with van der Waals surface area (Å²) in [5.74, 6) is 0.982. The monoisotopic (exact) mass is 232 g/mol. The Kier molecular flexibility index (Phi) is 3.33. The van der Waals surface area contributed by atoms with Crippen LogP contribution in [0.25, 0.3) is 0 Å². The van der Waals surface area contributed by atoms with E-state index in [1.807, 2.05) is 6.20 Å². The molecular formula is C13H20N4. The lowest BCUT2D eigenvalue weighted by atomic mass is 10.2. The van der Waals surface area contributed by atoms with Crippen molar-refractivity contribution in [3.05, 3.63) is 41.2 Å². The van der Waals surface area contributed by atoms with Gasteiger partial charge in [-0.2, -0.15) is 0 Å². The van der Waals surface area contributed by atoms with Gasteiger partial charge in [-0.3, -0.25) is 0 Å². The lowest BCUT2D eigenvalue weighted by Gasteiger charge is -2.11. The van der Waals surface area contributed by atoms with Crippen molar-refractivity contribution >= 4 is 0 Å². The molecule has 2 rings (SSSR count). The first-order chi connectivity index (χ1) is 8.09. The first-order valence-corrected chi connectivity index (χ1v) is 5.94. The summed E-state index contributed by atoms with van der Waals surface area (Å²) in [6.07, 6.45) is 3.64. The minimum atomic E-state index is 0.241. The van der Waals surface area contributed by atoms with Gasteiger partial charge in [0, 0.05) is 37.4 Å². The average molecular weight is 232 g/mol. The van der Waals surface area contributed by atoms with Gasteiger partial charge in [-0.1, -0.05) is 0 Å². The number of nitrogens with zero attached hydrogens (tertiary/aromatic N) is 2. The topological polar surface area (TPSA) is 45.6 Å². The first kappa shape index (κ1) is 11.9. The van der Waals surface area contributed by atoms with Crippen LogP contribution in [0.5, 0.6) is 0 Å². The zero-order valence-corrected chi connectivity index (χ0v) is 10.9. The molecule has 0 radical (unpaired) electrons. The largest absolute Gasteiger partial charge is 0.352 e. The highest BCUT2D eigenvalue weighted by atomic mass is 15.0. The van der Waals surface area contributed by atoms with E-state index in [1.54, 1.807) is 6.20 Å². The summed E-state index contributed by atoms with van der Waals surface area (Å²) in [4.78, 5) is 7.38. The van der Waals surface area contributed by atoms with Crippen LogP contribution in [0.1, 0.15) is 35.7 Å². The Morgan fingerprint density at radius 1 is 1.47 bits per heavy atom. The molecular weight excluding hydrogens is 212 g/mol. The van der Waals surface area contributed by atoms with Crippen molar-refractivity contribution in [1.29, 1.82) is 0 Å². The number of H-pyrrole nitrogens is 1. The molecule has 1 unspecified atom stereocenters. The van der Waals surface area contributed by atoms with Crippen LogP contribution in [0.2, 0.25) is 0 Å². The van der Waals surface area contributed by atoms with Crippen LogP contribution < -0.4 is 5.32 Å². The molecule has 4 nitrogen and oxygen atoms in total. The van der Waals surface area contributed by atoms with E-state index < -0.39 is 0 Å². The Labute approximate surface area is 102 Å². The van der Waals surface area contributed by atoms with Crippen molar-refractivity contribution in [1.82, 2.24) is 19.9 Å². The summed E-state index contributed by atoms with van der Waals surface area (Å²) in [7, 11) is 2.10. The summed E-state index contributed by atoms with van der Waals surface area (Å²) >= 11 is 0. The molecule has 0 aromatic carbocycles. The number of aromatic nitrogens is 3. The highest BCUT2D eigenvalue weighted by Crippen LogP contribution is 2.14. The minimum Gasteiger partial charge on any atom is -0.352 e. The second kappa shape index (κ2) is 4.75. The van der Waals surface area contributed by atoms with Crippen molar-refractivity contribution in [3.8, 4) is 0 Å². The third kappa shape index (κ3) is 2.42. The Morgan fingerprint density at radius 3 is 2.76 bits per heavy atom. The van der Waals surface area contributed by atoms with E-state index in [0.717, 1.165) is 12.4 Å². The van der Waals surface area contributed by atoms with Gasteiger partial charge in [0.2, 0.25) is 0 Å². The number of imidazole rings is 1.